The fourth-order valence-electron chi connectivity index (χ4n) is 3.17. The van der Waals surface area contributed by atoms with Crippen LogP contribution in [0.4, 0.5) is 25.0 Å². The van der Waals surface area contributed by atoms with Gasteiger partial charge in [0.1, 0.15) is 11.8 Å². The molecule has 2 atom stereocenters. The summed E-state index contributed by atoms with van der Waals surface area (Å²) in [4.78, 5) is 15.4. The predicted octanol–water partition coefficient (Wildman–Crippen LogP) is 2.19. The molecule has 1 unspecified atom stereocenters. The zero-order valence-electron chi connectivity index (χ0n) is 14.9. The van der Waals surface area contributed by atoms with Crippen LogP contribution in [0.1, 0.15) is 13.3 Å². The summed E-state index contributed by atoms with van der Waals surface area (Å²) in [5.74, 6) is -0.579. The first-order chi connectivity index (χ1) is 12.8. The Labute approximate surface area is 164 Å². The average molecular weight is 418 g/mol. The van der Waals surface area contributed by atoms with E-state index in [-0.39, 0.29) is 17.9 Å². The highest BCUT2D eigenvalue weighted by Gasteiger charge is 2.33. The Morgan fingerprint density at radius 1 is 1.33 bits per heavy atom. The number of thiocarbonyl (C=S) groups is 1. The lowest BCUT2D eigenvalue weighted by atomic mass is 10.2. The van der Waals surface area contributed by atoms with E-state index in [2.05, 4.69) is 5.32 Å². The number of cyclic esters (lactones) is 1. The first-order valence-electron chi connectivity index (χ1n) is 8.66. The highest BCUT2D eigenvalue weighted by molar-refractivity contribution is 7.85. The number of carbonyl (C=O) groups excluding carboxylic acids is 1. The number of benzene rings is 1. The molecule has 2 fully saturated rings. The molecular weight excluding hydrogens is 396 g/mol. The van der Waals surface area contributed by atoms with Crippen molar-refractivity contribution in [3.63, 3.8) is 0 Å². The maximum Gasteiger partial charge on any atom is 0.414 e. The Hall–Kier alpha value is -1.81. The fraction of sp³-hybridized carbons (Fsp3) is 0.529. The quantitative estimate of drug-likeness (QED) is 0.758. The van der Waals surface area contributed by atoms with E-state index in [1.807, 2.05) is 0 Å². The van der Waals surface area contributed by atoms with Crippen LogP contribution in [0.15, 0.2) is 12.1 Å². The fourth-order valence-corrected chi connectivity index (χ4v) is 4.33. The Morgan fingerprint density at radius 2 is 2.04 bits per heavy atom. The lowest BCUT2D eigenvalue weighted by Gasteiger charge is -2.24. The minimum absolute atomic E-state index is 0.110. The second-order valence-electron chi connectivity index (χ2n) is 6.50. The number of amides is 1. The molecule has 0 radical (unpaired) electrons. The van der Waals surface area contributed by atoms with E-state index in [9.17, 15) is 17.8 Å². The zero-order valence-corrected chi connectivity index (χ0v) is 16.5. The Balaban J connectivity index is 1.77. The SMILES string of the molecule is CC(=S)NC[C@H]1CN(c2cc(F)c(N3CCCS(=O)CC3)c(F)c2)C(=O)O1. The van der Waals surface area contributed by atoms with Crippen LogP contribution in [0.5, 0.6) is 0 Å². The van der Waals surface area contributed by atoms with Crippen molar-refractivity contribution in [1.82, 2.24) is 5.32 Å². The molecule has 2 saturated heterocycles. The molecule has 2 aliphatic rings. The number of halogens is 2. The minimum Gasteiger partial charge on any atom is -0.442 e. The number of ether oxygens (including phenoxy) is 1. The first kappa shape index (κ1) is 19.9. The Morgan fingerprint density at radius 3 is 2.70 bits per heavy atom. The zero-order chi connectivity index (χ0) is 19.6. The summed E-state index contributed by atoms with van der Waals surface area (Å²) in [6, 6.07) is 2.28. The predicted molar refractivity (Wildman–Crippen MR) is 105 cm³/mol. The molecule has 1 aromatic rings. The number of nitrogens with zero attached hydrogens (tertiary/aromatic N) is 2. The third-order valence-corrected chi connectivity index (χ3v) is 6.00. The molecule has 0 aliphatic carbocycles. The summed E-state index contributed by atoms with van der Waals surface area (Å²) in [6.07, 6.45) is -0.498. The van der Waals surface area contributed by atoms with Gasteiger partial charge in [0.25, 0.3) is 0 Å². The summed E-state index contributed by atoms with van der Waals surface area (Å²) in [5.41, 5.74) is -0.0292. The minimum atomic E-state index is -0.957. The standard InChI is InChI=1S/C17H21F2N3O3S2/c1-11(26)20-9-13-10-22(17(23)25-13)12-7-14(18)16(15(19)8-12)21-3-2-5-27(24)6-4-21/h7-8,13H,2-6,9-10H2,1H3,(H,20,26)/t13-,27?/m0/s1. The number of carbonyl (C=O) groups is 1. The molecule has 10 heteroatoms. The van der Waals surface area contributed by atoms with Crippen LogP contribution in [-0.4, -0.2) is 59.1 Å². The van der Waals surface area contributed by atoms with Crippen LogP contribution in [0.3, 0.4) is 0 Å². The number of hydrogen-bond acceptors (Lipinski definition) is 5. The van der Waals surface area contributed by atoms with Crippen molar-refractivity contribution in [3.8, 4) is 0 Å². The number of rotatable bonds is 4. The number of anilines is 2. The molecule has 1 amide bonds. The van der Waals surface area contributed by atoms with Crippen LogP contribution in [0, 0.1) is 11.6 Å². The van der Waals surface area contributed by atoms with Gasteiger partial charge in [-0.15, -0.1) is 0 Å². The van der Waals surface area contributed by atoms with Crippen molar-refractivity contribution in [2.24, 2.45) is 0 Å². The average Bonchev–Trinajstić information content (AvgIpc) is 2.84. The molecule has 1 N–H and O–H groups in total. The number of nitrogens with one attached hydrogen (secondary N) is 1. The van der Waals surface area contributed by atoms with E-state index in [0.717, 1.165) is 12.1 Å². The van der Waals surface area contributed by atoms with Gasteiger partial charge in [0.2, 0.25) is 0 Å². The van der Waals surface area contributed by atoms with E-state index in [4.69, 9.17) is 17.0 Å². The Kier molecular flexibility index (Phi) is 6.25. The van der Waals surface area contributed by atoms with E-state index < -0.39 is 34.6 Å². The van der Waals surface area contributed by atoms with E-state index >= 15 is 0 Å². The summed E-state index contributed by atoms with van der Waals surface area (Å²) in [7, 11) is -0.957. The van der Waals surface area contributed by atoms with Gasteiger partial charge in [0.05, 0.1) is 23.8 Å². The molecular formula is C17H21F2N3O3S2. The van der Waals surface area contributed by atoms with Gasteiger partial charge in [0, 0.05) is 47.5 Å². The maximum atomic E-state index is 14.7. The topological polar surface area (TPSA) is 61.9 Å². The van der Waals surface area contributed by atoms with Gasteiger partial charge < -0.3 is 15.0 Å². The van der Waals surface area contributed by atoms with Gasteiger partial charge >= 0.3 is 6.09 Å². The van der Waals surface area contributed by atoms with Gasteiger partial charge in [-0.1, -0.05) is 12.2 Å². The maximum absolute atomic E-state index is 14.7. The van der Waals surface area contributed by atoms with Gasteiger partial charge in [-0.05, 0) is 13.3 Å². The van der Waals surface area contributed by atoms with Gasteiger partial charge in [-0.25, -0.2) is 13.6 Å². The lowest BCUT2D eigenvalue weighted by Crippen LogP contribution is -2.32. The molecule has 2 heterocycles. The monoisotopic (exact) mass is 417 g/mol. The van der Waals surface area contributed by atoms with Gasteiger partial charge in [-0.3, -0.25) is 9.11 Å². The van der Waals surface area contributed by atoms with E-state index in [1.165, 1.54) is 4.90 Å². The molecule has 0 saturated carbocycles. The highest BCUT2D eigenvalue weighted by Crippen LogP contribution is 2.31. The van der Waals surface area contributed by atoms with Crippen LogP contribution in [0.25, 0.3) is 0 Å². The van der Waals surface area contributed by atoms with Crippen molar-refractivity contribution in [1.29, 1.82) is 0 Å². The largest absolute Gasteiger partial charge is 0.442 e. The van der Waals surface area contributed by atoms with Crippen molar-refractivity contribution in [3.05, 3.63) is 23.8 Å². The van der Waals surface area contributed by atoms with Crippen molar-refractivity contribution >= 4 is 45.5 Å². The third kappa shape index (κ3) is 4.73. The van der Waals surface area contributed by atoms with Crippen molar-refractivity contribution in [2.45, 2.75) is 19.4 Å². The first-order valence-corrected chi connectivity index (χ1v) is 10.6. The molecule has 1 aromatic carbocycles. The molecule has 6 nitrogen and oxygen atoms in total. The van der Waals surface area contributed by atoms with Crippen LogP contribution in [0.2, 0.25) is 0 Å². The second-order valence-corrected chi connectivity index (χ2v) is 8.81. The van der Waals surface area contributed by atoms with E-state index in [0.29, 0.717) is 42.5 Å². The smallest absolute Gasteiger partial charge is 0.414 e. The van der Waals surface area contributed by atoms with Gasteiger partial charge in [0.15, 0.2) is 11.6 Å². The number of hydrogen-bond donors (Lipinski definition) is 1. The van der Waals surface area contributed by atoms with E-state index in [1.54, 1.807) is 11.8 Å². The molecule has 3 rings (SSSR count). The summed E-state index contributed by atoms with van der Waals surface area (Å²) in [6.45, 7) is 3.00. The van der Waals surface area contributed by atoms with Crippen molar-refractivity contribution < 1.29 is 22.5 Å². The summed E-state index contributed by atoms with van der Waals surface area (Å²) in [5, 5.41) is 2.91. The Bertz CT molecular complexity index is 755. The molecule has 0 spiro atoms. The van der Waals surface area contributed by atoms with Gasteiger partial charge in [-0.2, -0.15) is 0 Å². The second kappa shape index (κ2) is 8.47. The molecule has 2 aliphatic heterocycles. The molecule has 0 bridgehead atoms. The van der Waals surface area contributed by atoms with Crippen LogP contribution >= 0.6 is 12.2 Å². The van der Waals surface area contributed by atoms with Crippen LogP contribution in [-0.2, 0) is 15.5 Å². The molecule has 27 heavy (non-hydrogen) atoms. The molecule has 148 valence electrons. The summed E-state index contributed by atoms with van der Waals surface area (Å²) >= 11 is 4.92. The lowest BCUT2D eigenvalue weighted by molar-refractivity contribution is 0.143. The third-order valence-electron chi connectivity index (χ3n) is 4.47. The van der Waals surface area contributed by atoms with Crippen LogP contribution < -0.4 is 15.1 Å². The normalized spacial score (nSPS) is 23.1. The summed E-state index contributed by atoms with van der Waals surface area (Å²) < 4.78 is 46.2. The van der Waals surface area contributed by atoms with Crippen molar-refractivity contribution in [2.75, 3.05) is 47.5 Å². The molecule has 0 aromatic heterocycles. The highest BCUT2D eigenvalue weighted by atomic mass is 32.2.